The van der Waals surface area contributed by atoms with E-state index >= 15 is 0 Å². The average molecular weight is 517 g/mol. The number of aromatic nitrogens is 4. The van der Waals surface area contributed by atoms with Crippen molar-refractivity contribution in [2.45, 2.75) is 56.5 Å². The molecule has 7 rings (SSSR count). The topological polar surface area (TPSA) is 100 Å². The Kier molecular flexibility index (Phi) is 6.16. The first-order chi connectivity index (χ1) is 18.7. The van der Waals surface area contributed by atoms with Crippen LogP contribution in [0.2, 0.25) is 0 Å². The molecule has 2 N–H and O–H groups in total. The first-order valence-corrected chi connectivity index (χ1v) is 14.2. The molecule has 6 heterocycles. The van der Waals surface area contributed by atoms with Gasteiger partial charge in [-0.3, -0.25) is 9.69 Å². The predicted octanol–water partition coefficient (Wildman–Crippen LogP) is 3.27. The van der Waals surface area contributed by atoms with Crippen LogP contribution in [0.3, 0.4) is 0 Å². The van der Waals surface area contributed by atoms with Gasteiger partial charge in [-0.05, 0) is 43.9 Å². The molecule has 0 bridgehead atoms. The second-order valence-corrected chi connectivity index (χ2v) is 11.2. The Morgan fingerprint density at radius 2 is 1.82 bits per heavy atom. The quantitative estimate of drug-likeness (QED) is 0.545. The summed E-state index contributed by atoms with van der Waals surface area (Å²) in [5, 5.41) is 7.31. The molecule has 38 heavy (non-hydrogen) atoms. The van der Waals surface area contributed by atoms with Crippen LogP contribution in [0, 0.1) is 0 Å². The number of nitrogens with zero attached hydrogens (tertiary/aromatic N) is 6. The highest BCUT2D eigenvalue weighted by Gasteiger charge is 2.41. The molecule has 1 aliphatic carbocycles. The van der Waals surface area contributed by atoms with Gasteiger partial charge in [-0.15, -0.1) is 0 Å². The molecule has 0 unspecified atom stereocenters. The van der Waals surface area contributed by atoms with Gasteiger partial charge in [0.2, 0.25) is 5.95 Å². The first kappa shape index (κ1) is 23.8. The maximum Gasteiger partial charge on any atom is 0.268 e. The molecule has 1 spiro atoms. The minimum absolute atomic E-state index is 0.0282. The summed E-state index contributed by atoms with van der Waals surface area (Å²) in [5.74, 6) is 1.18. The fourth-order valence-corrected chi connectivity index (χ4v) is 6.88. The first-order valence-electron chi connectivity index (χ1n) is 14.2. The number of nitrogens with one attached hydrogen (secondary N) is 2. The lowest BCUT2D eigenvalue weighted by Gasteiger charge is -2.42. The van der Waals surface area contributed by atoms with Gasteiger partial charge in [-0.2, -0.15) is 4.98 Å². The normalized spacial score (nSPS) is 22.4. The van der Waals surface area contributed by atoms with E-state index in [1.165, 1.54) is 19.3 Å². The van der Waals surface area contributed by atoms with Gasteiger partial charge >= 0.3 is 0 Å². The molecule has 1 saturated carbocycles. The van der Waals surface area contributed by atoms with Crippen molar-refractivity contribution < 1.29 is 9.53 Å². The monoisotopic (exact) mass is 516 g/mol. The Balaban J connectivity index is 1.07. The Hall–Kier alpha value is -3.24. The molecule has 0 radical (unpaired) electrons. The predicted molar refractivity (Wildman–Crippen MR) is 146 cm³/mol. The molecule has 200 valence electrons. The third-order valence-corrected chi connectivity index (χ3v) is 8.98. The number of rotatable bonds is 4. The van der Waals surface area contributed by atoms with Crippen molar-refractivity contribution in [2.24, 2.45) is 0 Å². The minimum atomic E-state index is -0.0937. The summed E-state index contributed by atoms with van der Waals surface area (Å²) in [6.45, 7) is 6.65. The molecule has 2 saturated heterocycles. The molecule has 0 aromatic carbocycles. The minimum Gasteiger partial charge on any atom is -0.381 e. The van der Waals surface area contributed by atoms with E-state index in [1.54, 1.807) is 0 Å². The van der Waals surface area contributed by atoms with Gasteiger partial charge in [0.25, 0.3) is 5.91 Å². The fourth-order valence-electron chi connectivity index (χ4n) is 6.88. The molecular formula is C28H36N8O2. The van der Waals surface area contributed by atoms with E-state index in [4.69, 9.17) is 9.72 Å². The van der Waals surface area contributed by atoms with E-state index in [-0.39, 0.29) is 11.4 Å². The number of hydrogen-bond acceptors (Lipinski definition) is 8. The van der Waals surface area contributed by atoms with Crippen molar-refractivity contribution in [1.82, 2.24) is 29.7 Å². The summed E-state index contributed by atoms with van der Waals surface area (Å²) in [4.78, 5) is 31.8. The molecule has 3 aromatic heterocycles. The number of piperazine rings is 1. The van der Waals surface area contributed by atoms with Gasteiger partial charge in [0.05, 0.1) is 17.4 Å². The SMILES string of the molecule is O=C1NCC2(CCCCC2)n2c1cc1cnc(Nc3ccc(N4CCN(C5CCOCC5)CC4)cn3)nc12. The van der Waals surface area contributed by atoms with Crippen LogP contribution in [0.1, 0.15) is 55.4 Å². The van der Waals surface area contributed by atoms with E-state index in [0.717, 1.165) is 81.8 Å². The Bertz CT molecular complexity index is 1300. The standard InChI is InChI=1S/C28H36N8O2/c37-26-23-16-20-17-30-27(33-25(20)36(23)28(19-31-26)8-2-1-3-9-28)32-24-5-4-22(18-29-24)35-12-10-34(11-13-35)21-6-14-38-15-7-21/h4-5,16-18,21H,1-3,6-15,19H2,(H,31,37)(H,29,30,32,33). The molecule has 4 aliphatic rings. The van der Waals surface area contributed by atoms with Crippen LogP contribution in [0.5, 0.6) is 0 Å². The molecule has 3 fully saturated rings. The number of pyridine rings is 1. The van der Waals surface area contributed by atoms with Crippen LogP contribution in [0.25, 0.3) is 11.0 Å². The zero-order chi connectivity index (χ0) is 25.5. The Morgan fingerprint density at radius 3 is 2.58 bits per heavy atom. The van der Waals surface area contributed by atoms with Crippen molar-refractivity contribution in [3.8, 4) is 0 Å². The largest absolute Gasteiger partial charge is 0.381 e. The van der Waals surface area contributed by atoms with Crippen LogP contribution < -0.4 is 15.5 Å². The average Bonchev–Trinajstić information content (AvgIpc) is 3.38. The van der Waals surface area contributed by atoms with Crippen LogP contribution in [-0.4, -0.2) is 82.3 Å². The third kappa shape index (κ3) is 4.29. The third-order valence-electron chi connectivity index (χ3n) is 8.98. The molecule has 1 amide bonds. The van der Waals surface area contributed by atoms with Crippen LogP contribution >= 0.6 is 0 Å². The summed E-state index contributed by atoms with van der Waals surface area (Å²) in [7, 11) is 0. The summed E-state index contributed by atoms with van der Waals surface area (Å²) in [5.41, 5.74) is 2.57. The maximum absolute atomic E-state index is 12.7. The molecule has 3 aliphatic heterocycles. The molecule has 3 aromatic rings. The highest BCUT2D eigenvalue weighted by atomic mass is 16.5. The maximum atomic E-state index is 12.7. The lowest BCUT2D eigenvalue weighted by molar-refractivity contribution is 0.0321. The summed E-state index contributed by atoms with van der Waals surface area (Å²) >= 11 is 0. The highest BCUT2D eigenvalue weighted by molar-refractivity contribution is 5.99. The second kappa shape index (κ2) is 9.81. The van der Waals surface area contributed by atoms with Gasteiger partial charge in [0.15, 0.2) is 0 Å². The van der Waals surface area contributed by atoms with Gasteiger partial charge in [-0.25, -0.2) is 9.97 Å². The Labute approximate surface area is 222 Å². The fraction of sp³-hybridized carbons (Fsp3) is 0.571. The van der Waals surface area contributed by atoms with Crippen LogP contribution in [0.15, 0.2) is 30.6 Å². The number of amides is 1. The number of anilines is 3. The number of carbonyl (C=O) groups excluding carboxylic acids is 1. The van der Waals surface area contributed by atoms with Gasteiger partial charge in [-0.1, -0.05) is 19.3 Å². The van der Waals surface area contributed by atoms with Gasteiger partial charge in [0.1, 0.15) is 17.2 Å². The molecule has 0 atom stereocenters. The van der Waals surface area contributed by atoms with Gasteiger partial charge < -0.3 is 24.8 Å². The van der Waals surface area contributed by atoms with Crippen LogP contribution in [-0.2, 0) is 10.3 Å². The lowest BCUT2D eigenvalue weighted by Crippen LogP contribution is -2.52. The highest BCUT2D eigenvalue weighted by Crippen LogP contribution is 2.40. The van der Waals surface area contributed by atoms with Crippen molar-refractivity contribution in [3.05, 3.63) is 36.3 Å². The van der Waals surface area contributed by atoms with E-state index in [0.29, 0.717) is 30.0 Å². The Morgan fingerprint density at radius 1 is 1.00 bits per heavy atom. The summed E-state index contributed by atoms with van der Waals surface area (Å²) in [6.07, 6.45) is 11.8. The number of carbonyl (C=O) groups is 1. The van der Waals surface area contributed by atoms with E-state index in [2.05, 4.69) is 41.0 Å². The van der Waals surface area contributed by atoms with Crippen molar-refractivity contribution >= 4 is 34.4 Å². The number of fused-ring (bicyclic) bond motifs is 4. The zero-order valence-corrected chi connectivity index (χ0v) is 21.9. The summed E-state index contributed by atoms with van der Waals surface area (Å²) < 4.78 is 7.73. The molecule has 10 heteroatoms. The van der Waals surface area contributed by atoms with Gasteiger partial charge in [0, 0.05) is 63.6 Å². The lowest BCUT2D eigenvalue weighted by atomic mass is 9.80. The number of hydrogen-bond donors (Lipinski definition) is 2. The van der Waals surface area contributed by atoms with Crippen molar-refractivity contribution in [1.29, 1.82) is 0 Å². The van der Waals surface area contributed by atoms with E-state index in [1.807, 2.05) is 24.5 Å². The number of ether oxygens (including phenoxy) is 1. The van der Waals surface area contributed by atoms with Crippen molar-refractivity contribution in [3.63, 3.8) is 0 Å². The van der Waals surface area contributed by atoms with E-state index < -0.39 is 0 Å². The molecular weight excluding hydrogens is 480 g/mol. The van der Waals surface area contributed by atoms with Crippen molar-refractivity contribution in [2.75, 3.05) is 56.2 Å². The molecule has 10 nitrogen and oxygen atoms in total. The van der Waals surface area contributed by atoms with E-state index in [9.17, 15) is 4.79 Å². The smallest absolute Gasteiger partial charge is 0.268 e. The zero-order valence-electron chi connectivity index (χ0n) is 21.9. The summed E-state index contributed by atoms with van der Waals surface area (Å²) in [6, 6.07) is 6.72. The van der Waals surface area contributed by atoms with Crippen LogP contribution in [0.4, 0.5) is 17.5 Å². The second-order valence-electron chi connectivity index (χ2n) is 11.2.